The monoisotopic (exact) mass is 551 g/mol. The molecular weight excluding hydrogens is 529 g/mol. The van der Waals surface area contributed by atoms with Crippen molar-refractivity contribution in [1.29, 1.82) is 0 Å². The molecule has 1 aliphatic rings. The van der Waals surface area contributed by atoms with Crippen LogP contribution in [0.4, 0.5) is 16.0 Å². The number of thiazole rings is 1. The maximum Gasteiger partial charge on any atom is 0.281 e. The molecule has 0 radical (unpaired) electrons. The Morgan fingerprint density at radius 1 is 1.19 bits per heavy atom. The molecule has 36 heavy (non-hydrogen) atoms. The molecule has 0 spiro atoms. The number of benzene rings is 1. The van der Waals surface area contributed by atoms with E-state index in [2.05, 4.69) is 19.8 Å². The minimum Gasteiger partial charge on any atom is -0.381 e. The summed E-state index contributed by atoms with van der Waals surface area (Å²) in [4.78, 5) is 13.7. The summed E-state index contributed by atoms with van der Waals surface area (Å²) < 4.78 is 50.4. The molecule has 0 amide bonds. The molecule has 0 bridgehead atoms. The highest BCUT2D eigenvalue weighted by molar-refractivity contribution is 7.92. The Balaban J connectivity index is 0.00000304. The van der Waals surface area contributed by atoms with E-state index in [1.807, 2.05) is 0 Å². The van der Waals surface area contributed by atoms with Gasteiger partial charge in [0.2, 0.25) is 5.95 Å². The molecule has 14 heteroatoms. The van der Waals surface area contributed by atoms with E-state index >= 15 is 4.39 Å². The number of hydrogen-bond acceptors (Lipinski definition) is 9. The van der Waals surface area contributed by atoms with Gasteiger partial charge in [-0.05, 0) is 37.1 Å². The van der Waals surface area contributed by atoms with Gasteiger partial charge in [0, 0.05) is 44.1 Å². The summed E-state index contributed by atoms with van der Waals surface area (Å²) >= 11 is 1.42. The van der Waals surface area contributed by atoms with Crippen LogP contribution in [0.15, 0.2) is 47.8 Å². The normalized spacial score (nSPS) is 14.4. The molecular formula is C22H23ClFN7O3S2. The van der Waals surface area contributed by atoms with Crippen LogP contribution in [0.25, 0.3) is 21.8 Å². The molecule has 3 aromatic heterocycles. The van der Waals surface area contributed by atoms with Crippen LogP contribution in [0.5, 0.6) is 0 Å². The highest BCUT2D eigenvalue weighted by atomic mass is 35.5. The van der Waals surface area contributed by atoms with Gasteiger partial charge in [0.15, 0.2) is 10.8 Å². The topological polar surface area (TPSA) is 138 Å². The lowest BCUT2D eigenvalue weighted by atomic mass is 10.0. The number of nitrogen functional groups attached to an aromatic ring is 1. The summed E-state index contributed by atoms with van der Waals surface area (Å²) in [6.45, 7) is 1.27. The average Bonchev–Trinajstić information content (AvgIpc) is 3.48. The van der Waals surface area contributed by atoms with E-state index in [9.17, 15) is 8.42 Å². The van der Waals surface area contributed by atoms with Crippen LogP contribution in [0, 0.1) is 5.82 Å². The zero-order valence-corrected chi connectivity index (χ0v) is 21.5. The number of nitrogens with zero attached hydrogens (tertiary/aromatic N) is 5. The van der Waals surface area contributed by atoms with Crippen LogP contribution < -0.4 is 10.5 Å². The Morgan fingerprint density at radius 2 is 1.97 bits per heavy atom. The van der Waals surface area contributed by atoms with Gasteiger partial charge in [-0.15, -0.1) is 23.7 Å². The third-order valence-corrected chi connectivity index (χ3v) is 8.08. The molecule has 190 valence electrons. The largest absolute Gasteiger partial charge is 0.381 e. The van der Waals surface area contributed by atoms with E-state index in [4.69, 9.17) is 15.5 Å². The number of halogens is 2. The number of ether oxygens (including phenoxy) is 1. The summed E-state index contributed by atoms with van der Waals surface area (Å²) in [7, 11) is -2.49. The standard InChI is InChI=1S/C22H22FN7O3S2.ClH/c1-30-10-6-17(28-30)35(31,32)29-15-4-2-3-14(18(15)23)19-20(16-5-9-25-22(24)26-16)34-21(27-19)13-7-11-33-12-8-13;/h2-6,9-10,13,29H,7-8,11-12H2,1H3,(H2,24,25,26);1H. The number of aryl methyl sites for hydroxylation is 1. The SMILES string of the molecule is Cl.Cn1ccc(S(=O)(=O)Nc2cccc(-c3nc(C4CCOCC4)sc3-c3ccnc(N)n3)c2F)n1. The van der Waals surface area contributed by atoms with Crippen molar-refractivity contribution in [3.8, 4) is 21.8 Å². The Labute approximate surface area is 217 Å². The zero-order chi connectivity index (χ0) is 24.6. The van der Waals surface area contributed by atoms with Crippen molar-refractivity contribution in [2.45, 2.75) is 23.8 Å². The van der Waals surface area contributed by atoms with Crippen LogP contribution >= 0.6 is 23.7 Å². The molecule has 1 aromatic carbocycles. The summed E-state index contributed by atoms with van der Waals surface area (Å²) in [6, 6.07) is 7.51. The number of anilines is 2. The Kier molecular flexibility index (Phi) is 7.54. The molecule has 0 unspecified atom stereocenters. The minimum atomic E-state index is -4.08. The maximum absolute atomic E-state index is 15.8. The van der Waals surface area contributed by atoms with Crippen molar-refractivity contribution in [1.82, 2.24) is 24.7 Å². The van der Waals surface area contributed by atoms with Gasteiger partial charge < -0.3 is 10.5 Å². The van der Waals surface area contributed by atoms with Gasteiger partial charge in [0.1, 0.15) is 0 Å². The van der Waals surface area contributed by atoms with Gasteiger partial charge >= 0.3 is 0 Å². The van der Waals surface area contributed by atoms with Crippen molar-refractivity contribution in [3.63, 3.8) is 0 Å². The van der Waals surface area contributed by atoms with E-state index in [0.717, 1.165) is 17.8 Å². The van der Waals surface area contributed by atoms with Gasteiger partial charge in [-0.2, -0.15) is 13.5 Å². The first-order valence-corrected chi connectivity index (χ1v) is 13.1. The van der Waals surface area contributed by atoms with E-state index in [1.54, 1.807) is 25.2 Å². The molecule has 5 rings (SSSR count). The van der Waals surface area contributed by atoms with Crippen molar-refractivity contribution < 1.29 is 17.5 Å². The first-order valence-electron chi connectivity index (χ1n) is 10.8. The number of rotatable bonds is 6. The van der Waals surface area contributed by atoms with Crippen LogP contribution in [-0.2, 0) is 21.8 Å². The molecule has 1 aliphatic heterocycles. The third-order valence-electron chi connectivity index (χ3n) is 5.58. The van der Waals surface area contributed by atoms with E-state index in [1.165, 1.54) is 40.5 Å². The van der Waals surface area contributed by atoms with Crippen molar-refractivity contribution in [2.24, 2.45) is 7.05 Å². The van der Waals surface area contributed by atoms with Crippen LogP contribution in [0.1, 0.15) is 23.8 Å². The Bertz CT molecular complexity index is 1490. The first-order chi connectivity index (χ1) is 16.8. The van der Waals surface area contributed by atoms with Gasteiger partial charge in [0.05, 0.1) is 27.0 Å². The van der Waals surface area contributed by atoms with Gasteiger partial charge in [-0.25, -0.2) is 19.3 Å². The van der Waals surface area contributed by atoms with Crippen LogP contribution in [0.3, 0.4) is 0 Å². The van der Waals surface area contributed by atoms with Crippen molar-refractivity contribution >= 4 is 45.4 Å². The second-order valence-electron chi connectivity index (χ2n) is 8.02. The molecule has 4 aromatic rings. The van der Waals surface area contributed by atoms with Gasteiger partial charge in [-0.3, -0.25) is 9.40 Å². The highest BCUT2D eigenvalue weighted by Gasteiger charge is 2.27. The van der Waals surface area contributed by atoms with Gasteiger partial charge in [0.25, 0.3) is 10.0 Å². The maximum atomic E-state index is 15.8. The fourth-order valence-corrected chi connectivity index (χ4v) is 6.09. The summed E-state index contributed by atoms with van der Waals surface area (Å²) in [6.07, 6.45) is 4.65. The van der Waals surface area contributed by atoms with E-state index in [0.29, 0.717) is 29.5 Å². The second kappa shape index (κ2) is 10.5. The smallest absolute Gasteiger partial charge is 0.281 e. The number of hydrogen-bond donors (Lipinski definition) is 2. The number of nitrogens with one attached hydrogen (secondary N) is 1. The molecule has 0 atom stereocenters. The molecule has 0 aliphatic carbocycles. The van der Waals surface area contributed by atoms with Crippen LogP contribution in [0.2, 0.25) is 0 Å². The highest BCUT2D eigenvalue weighted by Crippen LogP contribution is 2.42. The molecule has 4 heterocycles. The fourth-order valence-electron chi connectivity index (χ4n) is 3.84. The number of aromatic nitrogens is 5. The molecule has 1 saturated heterocycles. The number of nitrogens with two attached hydrogens (primary N) is 1. The first kappa shape index (κ1) is 25.9. The second-order valence-corrected chi connectivity index (χ2v) is 10.7. The molecule has 1 fully saturated rings. The lowest BCUT2D eigenvalue weighted by molar-refractivity contribution is 0.0853. The van der Waals surface area contributed by atoms with Crippen molar-refractivity contribution in [3.05, 3.63) is 53.6 Å². The predicted octanol–water partition coefficient (Wildman–Crippen LogP) is 3.84. The van der Waals surface area contributed by atoms with Crippen LogP contribution in [-0.4, -0.2) is 46.4 Å². The zero-order valence-electron chi connectivity index (χ0n) is 19.1. The summed E-state index contributed by atoms with van der Waals surface area (Å²) in [5, 5.41) is 4.53. The summed E-state index contributed by atoms with van der Waals surface area (Å²) in [5.74, 6) is -0.486. The number of sulfonamides is 1. The minimum absolute atomic E-state index is 0. The average molecular weight is 552 g/mol. The third kappa shape index (κ3) is 5.19. The van der Waals surface area contributed by atoms with E-state index in [-0.39, 0.29) is 40.6 Å². The molecule has 10 nitrogen and oxygen atoms in total. The fraction of sp³-hybridized carbons (Fsp3) is 0.273. The lowest BCUT2D eigenvalue weighted by Gasteiger charge is -2.19. The summed E-state index contributed by atoms with van der Waals surface area (Å²) in [5.41, 5.74) is 6.62. The molecule has 3 N–H and O–H groups in total. The predicted molar refractivity (Wildman–Crippen MR) is 137 cm³/mol. The Hall–Kier alpha value is -3.13. The van der Waals surface area contributed by atoms with E-state index < -0.39 is 15.8 Å². The van der Waals surface area contributed by atoms with Crippen molar-refractivity contribution in [2.75, 3.05) is 23.7 Å². The van der Waals surface area contributed by atoms with Gasteiger partial charge in [-0.1, -0.05) is 6.07 Å². The Morgan fingerprint density at radius 3 is 2.67 bits per heavy atom. The quantitative estimate of drug-likeness (QED) is 0.368. The molecule has 0 saturated carbocycles. The lowest BCUT2D eigenvalue weighted by Crippen LogP contribution is -2.15.